The lowest BCUT2D eigenvalue weighted by Crippen LogP contribution is -2.63. The predicted octanol–water partition coefficient (Wildman–Crippen LogP) is 2.19. The van der Waals surface area contributed by atoms with Gasteiger partial charge in [0.2, 0.25) is 0 Å². The normalized spacial score (nSPS) is 23.7. The SMILES string of the molecule is Cc1cccc(N2CC(CO)N(C)CC2(C)C)c1C. The highest BCUT2D eigenvalue weighted by atomic mass is 16.3. The minimum atomic E-state index is 0.0823. The van der Waals surface area contributed by atoms with Crippen LogP contribution in [-0.2, 0) is 0 Å². The van der Waals surface area contributed by atoms with E-state index >= 15 is 0 Å². The first-order valence-electron chi connectivity index (χ1n) is 7.02. The number of hydrogen-bond donors (Lipinski definition) is 1. The molecule has 1 aromatic rings. The second-order valence-corrected chi connectivity index (χ2v) is 6.39. The molecule has 2 rings (SSSR count). The van der Waals surface area contributed by atoms with Gasteiger partial charge in [0.1, 0.15) is 0 Å². The molecule has 1 unspecified atom stereocenters. The van der Waals surface area contributed by atoms with Crippen molar-refractivity contribution in [2.24, 2.45) is 0 Å². The topological polar surface area (TPSA) is 26.7 Å². The average molecular weight is 262 g/mol. The van der Waals surface area contributed by atoms with Crippen molar-refractivity contribution in [2.75, 3.05) is 31.6 Å². The van der Waals surface area contributed by atoms with E-state index in [9.17, 15) is 5.11 Å². The van der Waals surface area contributed by atoms with Crippen LogP contribution in [0.4, 0.5) is 5.69 Å². The molecule has 0 amide bonds. The van der Waals surface area contributed by atoms with Gasteiger partial charge in [0.25, 0.3) is 0 Å². The van der Waals surface area contributed by atoms with Crippen molar-refractivity contribution < 1.29 is 5.11 Å². The molecule has 1 aliphatic rings. The van der Waals surface area contributed by atoms with E-state index in [0.717, 1.165) is 13.1 Å². The fourth-order valence-corrected chi connectivity index (χ4v) is 3.07. The Morgan fingerprint density at radius 3 is 2.63 bits per heavy atom. The van der Waals surface area contributed by atoms with Crippen LogP contribution in [0.1, 0.15) is 25.0 Å². The Hall–Kier alpha value is -1.06. The van der Waals surface area contributed by atoms with E-state index in [1.54, 1.807) is 0 Å². The minimum Gasteiger partial charge on any atom is -0.395 e. The van der Waals surface area contributed by atoms with E-state index in [1.165, 1.54) is 16.8 Å². The Bertz CT molecular complexity index is 456. The van der Waals surface area contributed by atoms with Crippen LogP contribution in [0, 0.1) is 13.8 Å². The summed E-state index contributed by atoms with van der Waals surface area (Å²) in [5.74, 6) is 0. The second-order valence-electron chi connectivity index (χ2n) is 6.39. The van der Waals surface area contributed by atoms with Crippen LogP contribution >= 0.6 is 0 Å². The molecule has 19 heavy (non-hydrogen) atoms. The number of piperazine rings is 1. The van der Waals surface area contributed by atoms with Crippen molar-refractivity contribution in [2.45, 2.75) is 39.3 Å². The monoisotopic (exact) mass is 262 g/mol. The number of nitrogens with zero attached hydrogens (tertiary/aromatic N) is 2. The molecular weight excluding hydrogens is 236 g/mol. The molecule has 0 radical (unpaired) electrons. The van der Waals surface area contributed by atoms with E-state index in [0.29, 0.717) is 0 Å². The number of anilines is 1. The maximum Gasteiger partial charge on any atom is 0.0604 e. The molecule has 1 heterocycles. The van der Waals surface area contributed by atoms with Gasteiger partial charge in [-0.3, -0.25) is 4.90 Å². The number of likely N-dealkylation sites (N-methyl/N-ethyl adjacent to an activating group) is 1. The van der Waals surface area contributed by atoms with Crippen LogP contribution in [-0.4, -0.2) is 48.3 Å². The van der Waals surface area contributed by atoms with E-state index in [-0.39, 0.29) is 18.2 Å². The van der Waals surface area contributed by atoms with Crippen molar-refractivity contribution >= 4 is 5.69 Å². The summed E-state index contributed by atoms with van der Waals surface area (Å²) in [7, 11) is 2.10. The van der Waals surface area contributed by atoms with E-state index in [4.69, 9.17) is 0 Å². The number of aryl methyl sites for hydroxylation is 1. The van der Waals surface area contributed by atoms with E-state index in [2.05, 4.69) is 62.7 Å². The van der Waals surface area contributed by atoms with Crippen molar-refractivity contribution in [3.63, 3.8) is 0 Å². The van der Waals surface area contributed by atoms with Gasteiger partial charge in [0.05, 0.1) is 12.6 Å². The zero-order valence-electron chi connectivity index (χ0n) is 12.8. The lowest BCUT2D eigenvalue weighted by molar-refractivity contribution is 0.0980. The second kappa shape index (κ2) is 5.14. The number of benzene rings is 1. The number of aliphatic hydroxyl groups excluding tert-OH is 1. The molecule has 1 atom stereocenters. The van der Waals surface area contributed by atoms with Gasteiger partial charge in [-0.05, 0) is 51.9 Å². The summed E-state index contributed by atoms with van der Waals surface area (Å²) in [5, 5.41) is 9.55. The third-order valence-electron chi connectivity index (χ3n) is 4.46. The van der Waals surface area contributed by atoms with Crippen LogP contribution in [0.3, 0.4) is 0 Å². The minimum absolute atomic E-state index is 0.0823. The van der Waals surface area contributed by atoms with Gasteiger partial charge in [0, 0.05) is 24.3 Å². The van der Waals surface area contributed by atoms with Crippen molar-refractivity contribution in [1.82, 2.24) is 4.90 Å². The Kier molecular flexibility index (Phi) is 3.88. The number of aliphatic hydroxyl groups is 1. The number of hydrogen-bond acceptors (Lipinski definition) is 3. The summed E-state index contributed by atoms with van der Waals surface area (Å²) < 4.78 is 0. The maximum absolute atomic E-state index is 9.55. The first-order chi connectivity index (χ1) is 8.86. The van der Waals surface area contributed by atoms with Crippen LogP contribution in [0.25, 0.3) is 0 Å². The Labute approximate surface area is 116 Å². The summed E-state index contributed by atoms with van der Waals surface area (Å²) in [4.78, 5) is 4.72. The Balaban J connectivity index is 2.38. The zero-order valence-corrected chi connectivity index (χ0v) is 12.8. The lowest BCUT2D eigenvalue weighted by atomic mass is 9.93. The molecule has 0 saturated carbocycles. The predicted molar refractivity (Wildman–Crippen MR) is 80.8 cm³/mol. The van der Waals surface area contributed by atoms with Crippen LogP contribution in [0.2, 0.25) is 0 Å². The van der Waals surface area contributed by atoms with Gasteiger partial charge in [-0.2, -0.15) is 0 Å². The highest BCUT2D eigenvalue weighted by molar-refractivity contribution is 5.58. The van der Waals surface area contributed by atoms with Gasteiger partial charge in [-0.1, -0.05) is 12.1 Å². The largest absolute Gasteiger partial charge is 0.395 e. The average Bonchev–Trinajstić information content (AvgIpc) is 2.33. The van der Waals surface area contributed by atoms with Crippen LogP contribution < -0.4 is 4.90 Å². The van der Waals surface area contributed by atoms with Gasteiger partial charge < -0.3 is 10.0 Å². The summed E-state index contributed by atoms with van der Waals surface area (Å²) in [6.07, 6.45) is 0. The molecule has 1 saturated heterocycles. The van der Waals surface area contributed by atoms with Gasteiger partial charge in [-0.25, -0.2) is 0 Å². The highest BCUT2D eigenvalue weighted by Crippen LogP contribution is 2.32. The molecule has 1 aromatic carbocycles. The Morgan fingerprint density at radius 2 is 2.00 bits per heavy atom. The fraction of sp³-hybridized carbons (Fsp3) is 0.625. The third-order valence-corrected chi connectivity index (χ3v) is 4.46. The molecule has 3 nitrogen and oxygen atoms in total. The third kappa shape index (κ3) is 2.63. The maximum atomic E-state index is 9.55. The Morgan fingerprint density at radius 1 is 1.32 bits per heavy atom. The van der Waals surface area contributed by atoms with Crippen molar-refractivity contribution in [3.05, 3.63) is 29.3 Å². The van der Waals surface area contributed by atoms with Crippen LogP contribution in [0.5, 0.6) is 0 Å². The molecule has 0 spiro atoms. The van der Waals surface area contributed by atoms with Gasteiger partial charge >= 0.3 is 0 Å². The van der Waals surface area contributed by atoms with E-state index in [1.807, 2.05) is 0 Å². The first kappa shape index (κ1) is 14.4. The first-order valence-corrected chi connectivity index (χ1v) is 7.02. The van der Waals surface area contributed by atoms with Crippen molar-refractivity contribution in [1.29, 1.82) is 0 Å². The van der Waals surface area contributed by atoms with E-state index < -0.39 is 0 Å². The summed E-state index contributed by atoms with van der Waals surface area (Å²) in [6, 6.07) is 6.70. The number of rotatable bonds is 2. The van der Waals surface area contributed by atoms with Gasteiger partial charge in [0.15, 0.2) is 0 Å². The standard InChI is InChI=1S/C16H26N2O/c1-12-7-6-8-15(13(12)2)18-9-14(10-19)17(5)11-16(18,3)4/h6-8,14,19H,9-11H2,1-5H3. The quantitative estimate of drug-likeness (QED) is 0.885. The smallest absolute Gasteiger partial charge is 0.0604 e. The molecule has 1 N–H and O–H groups in total. The summed E-state index contributed by atoms with van der Waals surface area (Å²) in [6.45, 7) is 11.0. The fourth-order valence-electron chi connectivity index (χ4n) is 3.07. The zero-order chi connectivity index (χ0) is 14.2. The molecule has 106 valence electrons. The van der Waals surface area contributed by atoms with Crippen LogP contribution in [0.15, 0.2) is 18.2 Å². The molecule has 0 aliphatic carbocycles. The molecule has 3 heteroatoms. The molecule has 0 bridgehead atoms. The summed E-state index contributed by atoms with van der Waals surface area (Å²) in [5.41, 5.74) is 4.06. The van der Waals surface area contributed by atoms with Crippen molar-refractivity contribution in [3.8, 4) is 0 Å². The highest BCUT2D eigenvalue weighted by Gasteiger charge is 2.37. The summed E-state index contributed by atoms with van der Waals surface area (Å²) >= 11 is 0. The molecule has 0 aromatic heterocycles. The molecule has 1 aliphatic heterocycles. The molecular formula is C16H26N2O. The molecule has 1 fully saturated rings. The lowest BCUT2D eigenvalue weighted by Gasteiger charge is -2.51. The van der Waals surface area contributed by atoms with Gasteiger partial charge in [-0.15, -0.1) is 0 Å².